The molecular weight excluding hydrogens is 377 g/mol. The number of hydrogen-bond acceptors (Lipinski definition) is 5. The predicted octanol–water partition coefficient (Wildman–Crippen LogP) is 2.50. The van der Waals surface area contributed by atoms with Crippen LogP contribution in [-0.4, -0.2) is 41.9 Å². The van der Waals surface area contributed by atoms with Gasteiger partial charge in [0.2, 0.25) is 5.43 Å². The van der Waals surface area contributed by atoms with Crippen LogP contribution in [0.15, 0.2) is 17.1 Å². The van der Waals surface area contributed by atoms with Crippen molar-refractivity contribution in [2.75, 3.05) is 25.1 Å². The van der Waals surface area contributed by atoms with Gasteiger partial charge in [-0.3, -0.25) is 4.79 Å². The molecule has 29 heavy (non-hydrogen) atoms. The number of hydrogen-bond donors (Lipinski definition) is 2. The Labute approximate surface area is 166 Å². The zero-order chi connectivity index (χ0) is 20.5. The van der Waals surface area contributed by atoms with Gasteiger partial charge in [0.25, 0.3) is 0 Å². The number of carboxylic acid groups (broad SMARTS) is 1. The normalized spacial score (nSPS) is 22.9. The molecule has 2 aliphatic carbocycles. The first-order valence-corrected chi connectivity index (χ1v) is 10.0. The van der Waals surface area contributed by atoms with Gasteiger partial charge in [-0.15, -0.1) is 0 Å². The quantitative estimate of drug-likeness (QED) is 0.817. The van der Waals surface area contributed by atoms with Crippen LogP contribution in [0.1, 0.15) is 48.5 Å². The number of rotatable bonds is 4. The second-order valence-corrected chi connectivity index (χ2v) is 8.80. The Kier molecular flexibility index (Phi) is 3.93. The average molecular weight is 401 g/mol. The summed E-state index contributed by atoms with van der Waals surface area (Å²) in [7, 11) is 1.46. The molecule has 1 aromatic carbocycles. The van der Waals surface area contributed by atoms with Crippen molar-refractivity contribution in [2.45, 2.75) is 44.2 Å². The fraction of sp³-hybridized carbons (Fsp3) is 0.524. The van der Waals surface area contributed by atoms with E-state index in [9.17, 15) is 14.7 Å². The van der Waals surface area contributed by atoms with Crippen LogP contribution in [0.25, 0.3) is 10.9 Å². The molecule has 0 amide bonds. The number of nitrogens with two attached hydrogens (primary N) is 1. The molecule has 2 saturated carbocycles. The number of piperidine rings is 1. The van der Waals surface area contributed by atoms with Crippen LogP contribution >= 0.6 is 0 Å². The van der Waals surface area contributed by atoms with Gasteiger partial charge < -0.3 is 25.0 Å². The lowest BCUT2D eigenvalue weighted by atomic mass is 9.91. The smallest absolute Gasteiger partial charge is 0.341 e. The Morgan fingerprint density at radius 2 is 2.10 bits per heavy atom. The molecule has 1 spiro atoms. The van der Waals surface area contributed by atoms with Crippen molar-refractivity contribution < 1.29 is 19.0 Å². The predicted molar refractivity (Wildman–Crippen MR) is 106 cm³/mol. The first kappa shape index (κ1) is 18.4. The zero-order valence-corrected chi connectivity index (χ0v) is 16.3. The van der Waals surface area contributed by atoms with E-state index in [-0.39, 0.29) is 34.2 Å². The van der Waals surface area contributed by atoms with Gasteiger partial charge in [-0.05, 0) is 43.6 Å². The molecule has 7 nitrogen and oxygen atoms in total. The summed E-state index contributed by atoms with van der Waals surface area (Å²) in [5.74, 6) is -1.61. The monoisotopic (exact) mass is 401 g/mol. The number of aromatic nitrogens is 1. The van der Waals surface area contributed by atoms with E-state index >= 15 is 4.39 Å². The third-order valence-corrected chi connectivity index (χ3v) is 6.52. The summed E-state index contributed by atoms with van der Waals surface area (Å²) in [6.07, 6.45) is 6.25. The van der Waals surface area contributed by atoms with Crippen LogP contribution < -0.4 is 20.8 Å². The number of benzene rings is 1. The number of methoxy groups -OCH3 is 1. The molecule has 8 heteroatoms. The van der Waals surface area contributed by atoms with E-state index in [4.69, 9.17) is 10.5 Å². The highest BCUT2D eigenvalue weighted by atomic mass is 19.1. The number of pyridine rings is 1. The topological polar surface area (TPSA) is 97.8 Å². The highest BCUT2D eigenvalue weighted by molar-refractivity contribution is 5.97. The van der Waals surface area contributed by atoms with E-state index in [0.717, 1.165) is 32.1 Å². The number of ether oxygens (including phenoxy) is 1. The van der Waals surface area contributed by atoms with Crippen LogP contribution in [0.2, 0.25) is 0 Å². The number of carbonyl (C=O) groups is 1. The number of anilines is 1. The number of nitrogens with zero attached hydrogens (tertiary/aromatic N) is 2. The molecule has 5 rings (SSSR count). The van der Waals surface area contributed by atoms with Gasteiger partial charge in [-0.25, -0.2) is 9.18 Å². The fourth-order valence-corrected chi connectivity index (χ4v) is 4.87. The summed E-state index contributed by atoms with van der Waals surface area (Å²) in [5, 5.41) is 9.48. The molecule has 3 N–H and O–H groups in total. The summed E-state index contributed by atoms with van der Waals surface area (Å²) < 4.78 is 22.8. The first-order chi connectivity index (χ1) is 13.8. The standard InChI is InChI=1S/C21H24FN3O4/c1-29-19-16-13(18(26)14(20(27)28)9-25(16)12-2-3-12)6-15(22)17(19)24-8-11(23)7-21(10-24)4-5-21/h6,9,11-12H,2-5,7-8,10,23H2,1H3,(H,27,28). The van der Waals surface area contributed by atoms with Gasteiger partial charge in [-0.2, -0.15) is 0 Å². The molecule has 2 aromatic rings. The number of halogens is 1. The largest absolute Gasteiger partial charge is 0.492 e. The summed E-state index contributed by atoms with van der Waals surface area (Å²) in [4.78, 5) is 26.3. The van der Waals surface area contributed by atoms with Crippen LogP contribution in [0.5, 0.6) is 5.75 Å². The number of carboxylic acids is 1. The van der Waals surface area contributed by atoms with E-state index < -0.39 is 17.2 Å². The SMILES string of the molecule is COc1c(N2CC(N)CC3(CC3)C2)c(F)cc2c(=O)c(C(=O)O)cn(C3CC3)c12. The maximum atomic E-state index is 15.4. The van der Waals surface area contributed by atoms with Crippen molar-refractivity contribution >= 4 is 22.6 Å². The molecule has 1 atom stereocenters. The summed E-state index contributed by atoms with van der Waals surface area (Å²) in [5.41, 5.74) is 6.16. The number of fused-ring (bicyclic) bond motifs is 1. The third-order valence-electron chi connectivity index (χ3n) is 6.52. The maximum Gasteiger partial charge on any atom is 0.341 e. The van der Waals surface area contributed by atoms with E-state index in [2.05, 4.69) is 0 Å². The Morgan fingerprint density at radius 1 is 1.38 bits per heavy atom. The molecule has 0 bridgehead atoms. The van der Waals surface area contributed by atoms with Crippen molar-refractivity contribution in [3.63, 3.8) is 0 Å². The molecular formula is C21H24FN3O4. The molecule has 3 fully saturated rings. The van der Waals surface area contributed by atoms with Crippen molar-refractivity contribution in [3.05, 3.63) is 33.9 Å². The minimum absolute atomic E-state index is 0.0392. The lowest BCUT2D eigenvalue weighted by molar-refractivity contribution is 0.0695. The summed E-state index contributed by atoms with van der Waals surface area (Å²) in [6, 6.07) is 1.20. The van der Waals surface area contributed by atoms with Crippen molar-refractivity contribution in [2.24, 2.45) is 11.1 Å². The van der Waals surface area contributed by atoms with Crippen LogP contribution in [0.4, 0.5) is 10.1 Å². The van der Waals surface area contributed by atoms with Crippen LogP contribution in [0.3, 0.4) is 0 Å². The van der Waals surface area contributed by atoms with Gasteiger partial charge in [-0.1, -0.05) is 0 Å². The molecule has 1 aliphatic heterocycles. The second-order valence-electron chi connectivity index (χ2n) is 8.80. The Balaban J connectivity index is 1.77. The molecule has 1 aromatic heterocycles. The second kappa shape index (κ2) is 6.19. The highest BCUT2D eigenvalue weighted by Gasteiger charge is 2.48. The van der Waals surface area contributed by atoms with E-state index in [1.54, 1.807) is 4.57 Å². The fourth-order valence-electron chi connectivity index (χ4n) is 4.87. The van der Waals surface area contributed by atoms with Crippen LogP contribution in [0, 0.1) is 11.2 Å². The van der Waals surface area contributed by atoms with Crippen molar-refractivity contribution in [3.8, 4) is 5.75 Å². The van der Waals surface area contributed by atoms with Crippen molar-refractivity contribution in [1.82, 2.24) is 4.57 Å². The molecule has 3 aliphatic rings. The first-order valence-electron chi connectivity index (χ1n) is 10.0. The minimum atomic E-state index is -1.31. The van der Waals surface area contributed by atoms with Gasteiger partial charge in [0.1, 0.15) is 11.3 Å². The van der Waals surface area contributed by atoms with Crippen LogP contribution in [-0.2, 0) is 0 Å². The lowest BCUT2D eigenvalue weighted by Crippen LogP contribution is -2.48. The van der Waals surface area contributed by atoms with E-state index in [0.29, 0.717) is 24.3 Å². The molecule has 154 valence electrons. The highest BCUT2D eigenvalue weighted by Crippen LogP contribution is 2.54. The Bertz CT molecular complexity index is 1090. The molecule has 2 heterocycles. The van der Waals surface area contributed by atoms with Gasteiger partial charge in [0, 0.05) is 31.4 Å². The van der Waals surface area contributed by atoms with Gasteiger partial charge in [0.15, 0.2) is 11.6 Å². The summed E-state index contributed by atoms with van der Waals surface area (Å²) in [6.45, 7) is 1.22. The van der Waals surface area contributed by atoms with E-state index in [1.807, 2.05) is 4.90 Å². The molecule has 1 saturated heterocycles. The Hall–Kier alpha value is -2.61. The van der Waals surface area contributed by atoms with Gasteiger partial charge >= 0.3 is 5.97 Å². The number of aromatic carboxylic acids is 1. The van der Waals surface area contributed by atoms with E-state index in [1.165, 1.54) is 19.4 Å². The van der Waals surface area contributed by atoms with Gasteiger partial charge in [0.05, 0.1) is 18.0 Å². The minimum Gasteiger partial charge on any atom is -0.492 e. The lowest BCUT2D eigenvalue weighted by Gasteiger charge is -2.39. The third kappa shape index (κ3) is 2.88. The molecule has 1 unspecified atom stereocenters. The Morgan fingerprint density at radius 3 is 2.69 bits per heavy atom. The average Bonchev–Trinajstić information content (AvgIpc) is 3.58. The summed E-state index contributed by atoms with van der Waals surface area (Å²) >= 11 is 0. The molecule has 0 radical (unpaired) electrons. The zero-order valence-electron chi connectivity index (χ0n) is 16.3. The van der Waals surface area contributed by atoms with Crippen molar-refractivity contribution in [1.29, 1.82) is 0 Å². The maximum absolute atomic E-state index is 15.4.